The van der Waals surface area contributed by atoms with Gasteiger partial charge in [0.25, 0.3) is 5.91 Å². The van der Waals surface area contributed by atoms with Crippen LogP contribution in [-0.2, 0) is 11.3 Å². The number of methoxy groups -OCH3 is 2. The van der Waals surface area contributed by atoms with Gasteiger partial charge in [0.05, 0.1) is 25.9 Å². The molecule has 0 aliphatic carbocycles. The summed E-state index contributed by atoms with van der Waals surface area (Å²) in [4.78, 5) is 13.7. The number of carbonyl (C=O) groups is 1. The van der Waals surface area contributed by atoms with E-state index in [4.69, 9.17) is 14.2 Å². The zero-order valence-electron chi connectivity index (χ0n) is 15.7. The Kier molecular flexibility index (Phi) is 7.01. The molecule has 6 heteroatoms. The highest BCUT2D eigenvalue weighted by atomic mass is 32.2. The van der Waals surface area contributed by atoms with E-state index in [-0.39, 0.29) is 12.0 Å². The number of nitrogens with one attached hydrogen (secondary N) is 1. The number of benzene rings is 2. The van der Waals surface area contributed by atoms with Crippen LogP contribution >= 0.6 is 11.8 Å². The predicted octanol–water partition coefficient (Wildman–Crippen LogP) is 3.90. The van der Waals surface area contributed by atoms with Crippen LogP contribution in [0.3, 0.4) is 0 Å². The average molecular weight is 388 g/mol. The van der Waals surface area contributed by atoms with E-state index in [0.29, 0.717) is 23.6 Å². The van der Waals surface area contributed by atoms with Crippen molar-refractivity contribution in [3.8, 4) is 11.5 Å². The topological polar surface area (TPSA) is 56.8 Å². The largest absolute Gasteiger partial charge is 0.493 e. The Morgan fingerprint density at radius 2 is 2.00 bits per heavy atom. The maximum absolute atomic E-state index is 12.7. The third kappa shape index (κ3) is 5.17. The number of amides is 1. The second-order valence-corrected chi connectivity index (χ2v) is 7.38. The first kappa shape index (κ1) is 19.6. The van der Waals surface area contributed by atoms with Crippen molar-refractivity contribution in [3.63, 3.8) is 0 Å². The van der Waals surface area contributed by atoms with E-state index in [9.17, 15) is 4.79 Å². The van der Waals surface area contributed by atoms with E-state index < -0.39 is 0 Å². The van der Waals surface area contributed by atoms with Crippen molar-refractivity contribution in [2.24, 2.45) is 0 Å². The first-order valence-corrected chi connectivity index (χ1v) is 10.0. The van der Waals surface area contributed by atoms with Gasteiger partial charge in [-0.2, -0.15) is 0 Å². The molecule has 1 atom stereocenters. The molecule has 1 saturated heterocycles. The van der Waals surface area contributed by atoms with E-state index in [1.54, 1.807) is 26.0 Å². The lowest BCUT2D eigenvalue weighted by Crippen LogP contribution is -2.23. The lowest BCUT2D eigenvalue weighted by molar-refractivity contribution is 0.0947. The van der Waals surface area contributed by atoms with Crippen LogP contribution in [0.25, 0.3) is 0 Å². The van der Waals surface area contributed by atoms with Crippen molar-refractivity contribution in [1.29, 1.82) is 0 Å². The summed E-state index contributed by atoms with van der Waals surface area (Å²) in [5, 5.41) is 2.99. The molecule has 0 unspecified atom stereocenters. The van der Waals surface area contributed by atoms with E-state index in [1.165, 1.54) is 0 Å². The van der Waals surface area contributed by atoms with Crippen LogP contribution in [0.1, 0.15) is 28.8 Å². The van der Waals surface area contributed by atoms with Crippen LogP contribution in [0.5, 0.6) is 11.5 Å². The molecule has 0 spiro atoms. The Labute approximate surface area is 164 Å². The van der Waals surface area contributed by atoms with Gasteiger partial charge < -0.3 is 19.5 Å². The van der Waals surface area contributed by atoms with Gasteiger partial charge in [0.1, 0.15) is 0 Å². The SMILES string of the molecule is COc1ccc(CNC(=O)c2ccccc2SC[C@H]2CCCO2)cc1OC. The molecule has 2 aromatic rings. The van der Waals surface area contributed by atoms with Gasteiger partial charge in [-0.25, -0.2) is 0 Å². The smallest absolute Gasteiger partial charge is 0.252 e. The fourth-order valence-corrected chi connectivity index (χ4v) is 4.13. The van der Waals surface area contributed by atoms with Crippen molar-refractivity contribution >= 4 is 17.7 Å². The molecule has 1 fully saturated rings. The van der Waals surface area contributed by atoms with Crippen LogP contribution in [0, 0.1) is 0 Å². The maximum Gasteiger partial charge on any atom is 0.252 e. The van der Waals surface area contributed by atoms with Gasteiger partial charge in [-0.3, -0.25) is 4.79 Å². The summed E-state index contributed by atoms with van der Waals surface area (Å²) in [5.74, 6) is 2.11. The van der Waals surface area contributed by atoms with E-state index in [0.717, 1.165) is 35.7 Å². The Morgan fingerprint density at radius 1 is 1.19 bits per heavy atom. The summed E-state index contributed by atoms with van der Waals surface area (Å²) in [5.41, 5.74) is 1.64. The van der Waals surface area contributed by atoms with E-state index in [2.05, 4.69) is 5.32 Å². The molecule has 1 N–H and O–H groups in total. The molecule has 144 valence electrons. The summed E-state index contributed by atoms with van der Waals surface area (Å²) in [6, 6.07) is 13.3. The van der Waals surface area contributed by atoms with Crippen LogP contribution in [0.2, 0.25) is 0 Å². The summed E-state index contributed by atoms with van der Waals surface area (Å²) in [7, 11) is 3.20. The molecule has 1 amide bonds. The fourth-order valence-electron chi connectivity index (χ4n) is 3.01. The van der Waals surface area contributed by atoms with Gasteiger partial charge >= 0.3 is 0 Å². The molecule has 3 rings (SSSR count). The van der Waals surface area contributed by atoms with E-state index in [1.807, 2.05) is 42.5 Å². The maximum atomic E-state index is 12.7. The molecular weight excluding hydrogens is 362 g/mol. The number of hydrogen-bond donors (Lipinski definition) is 1. The van der Waals surface area contributed by atoms with Gasteiger partial charge in [0.2, 0.25) is 0 Å². The molecular formula is C21H25NO4S. The molecule has 0 aromatic heterocycles. The highest BCUT2D eigenvalue weighted by molar-refractivity contribution is 7.99. The Hall–Kier alpha value is -2.18. The summed E-state index contributed by atoms with van der Waals surface area (Å²) in [6.45, 7) is 1.27. The third-order valence-electron chi connectivity index (χ3n) is 4.48. The summed E-state index contributed by atoms with van der Waals surface area (Å²) < 4.78 is 16.2. The molecule has 0 saturated carbocycles. The fraction of sp³-hybridized carbons (Fsp3) is 0.381. The number of carbonyl (C=O) groups excluding carboxylic acids is 1. The van der Waals surface area contributed by atoms with Crippen LogP contribution in [-0.4, -0.2) is 38.6 Å². The monoisotopic (exact) mass is 387 g/mol. The summed E-state index contributed by atoms with van der Waals surface area (Å²) >= 11 is 1.68. The van der Waals surface area contributed by atoms with Gasteiger partial charge in [0.15, 0.2) is 11.5 Å². The lowest BCUT2D eigenvalue weighted by atomic mass is 10.1. The van der Waals surface area contributed by atoms with Crippen molar-refractivity contribution in [2.75, 3.05) is 26.6 Å². The van der Waals surface area contributed by atoms with Crippen LogP contribution < -0.4 is 14.8 Å². The minimum Gasteiger partial charge on any atom is -0.493 e. The number of rotatable bonds is 8. The Morgan fingerprint density at radius 3 is 2.74 bits per heavy atom. The molecule has 5 nitrogen and oxygen atoms in total. The molecule has 27 heavy (non-hydrogen) atoms. The Balaban J connectivity index is 1.62. The van der Waals surface area contributed by atoms with Gasteiger partial charge in [-0.1, -0.05) is 18.2 Å². The highest BCUT2D eigenvalue weighted by Crippen LogP contribution is 2.28. The second-order valence-electron chi connectivity index (χ2n) is 6.31. The first-order valence-electron chi connectivity index (χ1n) is 9.04. The van der Waals surface area contributed by atoms with Crippen molar-refractivity contribution in [1.82, 2.24) is 5.32 Å². The molecule has 2 aromatic carbocycles. The number of ether oxygens (including phenoxy) is 3. The number of thioether (sulfide) groups is 1. The molecule has 1 aliphatic heterocycles. The van der Waals surface area contributed by atoms with Crippen molar-refractivity contribution < 1.29 is 19.0 Å². The lowest BCUT2D eigenvalue weighted by Gasteiger charge is -2.13. The van der Waals surface area contributed by atoms with Crippen LogP contribution in [0.4, 0.5) is 0 Å². The highest BCUT2D eigenvalue weighted by Gasteiger charge is 2.18. The zero-order chi connectivity index (χ0) is 19.1. The average Bonchev–Trinajstić information content (AvgIpc) is 3.24. The van der Waals surface area contributed by atoms with Crippen molar-refractivity contribution in [3.05, 3.63) is 53.6 Å². The zero-order valence-corrected chi connectivity index (χ0v) is 16.5. The second kappa shape index (κ2) is 9.67. The predicted molar refractivity (Wildman–Crippen MR) is 107 cm³/mol. The third-order valence-corrected chi connectivity index (χ3v) is 5.69. The minimum atomic E-state index is -0.0831. The van der Waals surface area contributed by atoms with E-state index >= 15 is 0 Å². The standard InChI is InChI=1S/C21H25NO4S/c1-24-18-10-9-15(12-19(18)25-2)13-22-21(23)17-7-3-4-8-20(17)27-14-16-6-5-11-26-16/h3-4,7-10,12,16H,5-6,11,13-14H2,1-2H3,(H,22,23)/t16-/m1/s1. The minimum absolute atomic E-state index is 0.0831. The van der Waals surface area contributed by atoms with Gasteiger partial charge in [-0.15, -0.1) is 11.8 Å². The molecule has 1 heterocycles. The van der Waals surface area contributed by atoms with Crippen molar-refractivity contribution in [2.45, 2.75) is 30.4 Å². The summed E-state index contributed by atoms with van der Waals surface area (Å²) in [6.07, 6.45) is 2.51. The first-order chi connectivity index (χ1) is 13.2. The Bertz CT molecular complexity index is 775. The van der Waals surface area contributed by atoms with Gasteiger partial charge in [-0.05, 0) is 42.7 Å². The molecule has 0 bridgehead atoms. The van der Waals surface area contributed by atoms with Gasteiger partial charge in [0, 0.05) is 23.8 Å². The number of hydrogen-bond acceptors (Lipinski definition) is 5. The van der Waals surface area contributed by atoms with Crippen LogP contribution in [0.15, 0.2) is 47.4 Å². The molecule has 1 aliphatic rings. The normalized spacial score (nSPS) is 16.1. The molecule has 0 radical (unpaired) electrons. The quantitative estimate of drug-likeness (QED) is 0.696.